The van der Waals surface area contributed by atoms with Gasteiger partial charge in [0.2, 0.25) is 5.91 Å². The van der Waals surface area contributed by atoms with E-state index >= 15 is 0 Å². The van der Waals surface area contributed by atoms with Crippen LogP contribution in [0.3, 0.4) is 0 Å². The number of halogens is 3. The maximum absolute atomic E-state index is 13.5. The summed E-state index contributed by atoms with van der Waals surface area (Å²) in [5.74, 6) is -0.196. The van der Waals surface area contributed by atoms with Crippen molar-refractivity contribution in [2.75, 3.05) is 18.0 Å². The van der Waals surface area contributed by atoms with Crippen LogP contribution in [0.25, 0.3) is 0 Å². The zero-order valence-electron chi connectivity index (χ0n) is 16.1. The summed E-state index contributed by atoms with van der Waals surface area (Å²) in [6.07, 6.45) is -1.26. The molecule has 0 aliphatic carbocycles. The van der Waals surface area contributed by atoms with Crippen molar-refractivity contribution in [2.45, 2.75) is 44.4 Å². The van der Waals surface area contributed by atoms with E-state index in [0.717, 1.165) is 37.6 Å². The van der Waals surface area contributed by atoms with Crippen molar-refractivity contribution in [3.63, 3.8) is 0 Å². The van der Waals surface area contributed by atoms with Crippen molar-refractivity contribution >= 4 is 11.6 Å². The molecule has 1 amide bonds. The minimum absolute atomic E-state index is 0.0828. The maximum atomic E-state index is 13.5. The van der Waals surface area contributed by atoms with Gasteiger partial charge in [0.05, 0.1) is 11.5 Å². The summed E-state index contributed by atoms with van der Waals surface area (Å²) in [7, 11) is 0. The topological polar surface area (TPSA) is 23.6 Å². The third-order valence-corrected chi connectivity index (χ3v) is 6.68. The van der Waals surface area contributed by atoms with E-state index in [-0.39, 0.29) is 17.9 Å². The minimum atomic E-state index is -4.37. The number of benzene rings is 2. The molecule has 2 aromatic rings. The Hall–Kier alpha value is -2.50. The molecule has 29 heavy (non-hydrogen) atoms. The predicted molar refractivity (Wildman–Crippen MR) is 105 cm³/mol. The number of amides is 1. The van der Waals surface area contributed by atoms with Crippen LogP contribution in [0.5, 0.6) is 0 Å². The Kier molecular flexibility index (Phi) is 4.33. The molecule has 0 aromatic heterocycles. The quantitative estimate of drug-likeness (QED) is 0.707. The first-order valence-corrected chi connectivity index (χ1v) is 10.2. The second-order valence-corrected chi connectivity index (χ2v) is 8.33. The Labute approximate surface area is 168 Å². The van der Waals surface area contributed by atoms with Crippen LogP contribution >= 0.6 is 0 Å². The lowest BCUT2D eigenvalue weighted by Crippen LogP contribution is -2.50. The Morgan fingerprint density at radius 2 is 1.79 bits per heavy atom. The molecular weight excluding hydrogens is 377 g/mol. The lowest BCUT2D eigenvalue weighted by atomic mass is 9.83. The summed E-state index contributed by atoms with van der Waals surface area (Å²) in [6.45, 7) is 2.07. The van der Waals surface area contributed by atoms with Crippen molar-refractivity contribution in [3.8, 4) is 0 Å². The molecule has 1 saturated heterocycles. The molecular formula is C23H23F3N2O. The summed E-state index contributed by atoms with van der Waals surface area (Å²) < 4.78 is 39.7. The maximum Gasteiger partial charge on any atom is 0.416 e. The fourth-order valence-corrected chi connectivity index (χ4v) is 5.26. The van der Waals surface area contributed by atoms with E-state index in [9.17, 15) is 18.0 Å². The lowest BCUT2D eigenvalue weighted by Gasteiger charge is -2.41. The molecule has 0 radical (unpaired) electrons. The molecule has 3 aliphatic heterocycles. The Morgan fingerprint density at radius 1 is 1.00 bits per heavy atom. The van der Waals surface area contributed by atoms with Crippen molar-refractivity contribution in [2.24, 2.45) is 5.92 Å². The number of hydrogen-bond acceptors (Lipinski definition) is 2. The predicted octanol–water partition coefficient (Wildman–Crippen LogP) is 4.43. The molecule has 3 nitrogen and oxygen atoms in total. The first-order chi connectivity index (χ1) is 13.9. The number of fused-ring (bicyclic) bond motifs is 4. The molecule has 0 saturated carbocycles. The number of nitrogens with zero attached hydrogens (tertiary/aromatic N) is 2. The van der Waals surface area contributed by atoms with Crippen molar-refractivity contribution < 1.29 is 18.0 Å². The van der Waals surface area contributed by atoms with E-state index in [1.807, 2.05) is 17.0 Å². The molecule has 152 valence electrons. The standard InChI is InChI=1S/C23H23F3N2O/c24-23(25,26)18-7-8-20-17(12-18)13-19(21-6-3-10-28(20)21)22(29)27-11-9-15-4-1-2-5-16(15)14-27/h1-2,4-5,7-8,12,19,21H,3,6,9-11,13-14H2. The summed E-state index contributed by atoms with van der Waals surface area (Å²) >= 11 is 0. The molecule has 5 rings (SSSR count). The summed E-state index contributed by atoms with van der Waals surface area (Å²) in [5.41, 5.74) is 3.34. The van der Waals surface area contributed by atoms with Gasteiger partial charge in [0.25, 0.3) is 0 Å². The molecule has 0 N–H and O–H groups in total. The number of carbonyl (C=O) groups excluding carboxylic acids is 1. The number of rotatable bonds is 1. The molecule has 0 bridgehead atoms. The number of anilines is 1. The van der Waals surface area contributed by atoms with Crippen LogP contribution < -0.4 is 4.90 Å². The molecule has 2 unspecified atom stereocenters. The average molecular weight is 400 g/mol. The zero-order chi connectivity index (χ0) is 20.2. The third kappa shape index (κ3) is 3.18. The van der Waals surface area contributed by atoms with Crippen LogP contribution in [0.2, 0.25) is 0 Å². The van der Waals surface area contributed by atoms with Gasteiger partial charge in [-0.3, -0.25) is 4.79 Å². The van der Waals surface area contributed by atoms with Gasteiger partial charge in [0.1, 0.15) is 0 Å². The van der Waals surface area contributed by atoms with E-state index in [1.54, 1.807) is 6.07 Å². The Balaban J connectivity index is 1.44. The van der Waals surface area contributed by atoms with Gasteiger partial charge < -0.3 is 9.80 Å². The van der Waals surface area contributed by atoms with E-state index in [1.165, 1.54) is 17.2 Å². The zero-order valence-corrected chi connectivity index (χ0v) is 16.1. The molecule has 1 fully saturated rings. The summed E-state index contributed by atoms with van der Waals surface area (Å²) in [5, 5.41) is 0. The van der Waals surface area contributed by atoms with Crippen molar-refractivity contribution in [1.82, 2.24) is 4.90 Å². The molecule has 3 aliphatic rings. The van der Waals surface area contributed by atoms with Gasteiger partial charge in [-0.1, -0.05) is 24.3 Å². The Bertz CT molecular complexity index is 955. The van der Waals surface area contributed by atoms with Crippen LogP contribution in [0, 0.1) is 5.92 Å². The van der Waals surface area contributed by atoms with E-state index in [2.05, 4.69) is 17.0 Å². The summed E-state index contributed by atoms with van der Waals surface area (Å²) in [4.78, 5) is 17.5. The highest BCUT2D eigenvalue weighted by Crippen LogP contribution is 2.42. The van der Waals surface area contributed by atoms with Gasteiger partial charge in [0.15, 0.2) is 0 Å². The monoisotopic (exact) mass is 400 g/mol. The number of alkyl halides is 3. The van der Waals surface area contributed by atoms with Crippen LogP contribution in [0.4, 0.5) is 18.9 Å². The highest BCUT2D eigenvalue weighted by atomic mass is 19.4. The molecule has 2 aromatic carbocycles. The van der Waals surface area contributed by atoms with E-state index in [0.29, 0.717) is 25.1 Å². The van der Waals surface area contributed by atoms with Gasteiger partial charge >= 0.3 is 6.18 Å². The third-order valence-electron chi connectivity index (χ3n) is 6.68. The van der Waals surface area contributed by atoms with Crippen LogP contribution in [0.15, 0.2) is 42.5 Å². The van der Waals surface area contributed by atoms with Crippen LogP contribution in [0.1, 0.15) is 35.1 Å². The largest absolute Gasteiger partial charge is 0.416 e. The Morgan fingerprint density at radius 3 is 2.59 bits per heavy atom. The van der Waals surface area contributed by atoms with Gasteiger partial charge in [-0.2, -0.15) is 13.2 Å². The first-order valence-electron chi connectivity index (χ1n) is 10.2. The highest BCUT2D eigenvalue weighted by Gasteiger charge is 2.43. The lowest BCUT2D eigenvalue weighted by molar-refractivity contribution is -0.137. The average Bonchev–Trinajstić information content (AvgIpc) is 3.21. The van der Waals surface area contributed by atoms with Gasteiger partial charge in [-0.15, -0.1) is 0 Å². The first kappa shape index (κ1) is 18.5. The second kappa shape index (κ2) is 6.78. The smallest absolute Gasteiger partial charge is 0.368 e. The van der Waals surface area contributed by atoms with Gasteiger partial charge in [-0.05, 0) is 60.6 Å². The SMILES string of the molecule is O=C(C1Cc2cc(C(F)(F)F)ccc2N2CCCC12)N1CCc2ccccc2C1. The van der Waals surface area contributed by atoms with Crippen molar-refractivity contribution in [1.29, 1.82) is 0 Å². The van der Waals surface area contributed by atoms with Gasteiger partial charge in [-0.25, -0.2) is 0 Å². The fraction of sp³-hybridized carbons (Fsp3) is 0.435. The molecule has 3 heterocycles. The normalized spacial score (nSPS) is 23.4. The fourth-order valence-electron chi connectivity index (χ4n) is 5.26. The second-order valence-electron chi connectivity index (χ2n) is 8.33. The van der Waals surface area contributed by atoms with Crippen molar-refractivity contribution in [3.05, 3.63) is 64.7 Å². The van der Waals surface area contributed by atoms with E-state index in [4.69, 9.17) is 0 Å². The highest BCUT2D eigenvalue weighted by molar-refractivity contribution is 5.82. The molecule has 2 atom stereocenters. The molecule has 0 spiro atoms. The summed E-state index contributed by atoms with van der Waals surface area (Å²) in [6, 6.07) is 12.3. The van der Waals surface area contributed by atoms with Crippen LogP contribution in [-0.2, 0) is 30.4 Å². The van der Waals surface area contributed by atoms with E-state index < -0.39 is 11.7 Å². The molecule has 6 heteroatoms. The number of hydrogen-bond donors (Lipinski definition) is 0. The minimum Gasteiger partial charge on any atom is -0.368 e. The van der Waals surface area contributed by atoms with Gasteiger partial charge in [0, 0.05) is 31.4 Å². The number of carbonyl (C=O) groups is 1. The van der Waals surface area contributed by atoms with Crippen LogP contribution in [-0.4, -0.2) is 29.9 Å².